The predicted octanol–water partition coefficient (Wildman–Crippen LogP) is 1.01. The maximum Gasteiger partial charge on any atom is 0.336 e. The fourth-order valence-corrected chi connectivity index (χ4v) is 2.39. The van der Waals surface area contributed by atoms with E-state index in [1.165, 1.54) is 7.11 Å². The number of ether oxygens (including phenoxy) is 2. The molecule has 1 aliphatic rings. The zero-order chi connectivity index (χ0) is 13.9. The highest BCUT2D eigenvalue weighted by atomic mass is 16.6. The molecule has 1 atom stereocenters. The Morgan fingerprint density at radius 1 is 1.45 bits per heavy atom. The van der Waals surface area contributed by atoms with E-state index in [1.807, 2.05) is 24.3 Å². The molecule has 0 bridgehead atoms. The molecule has 0 aliphatic carbocycles. The number of fused-ring (bicyclic) bond motifs is 1. The molecule has 3 rings (SSSR count). The molecule has 1 fully saturated rings. The number of benzene rings is 1. The molecule has 0 spiro atoms. The van der Waals surface area contributed by atoms with Gasteiger partial charge in [-0.2, -0.15) is 10.2 Å². The molecular formula is C14H15N3O3. The first-order valence-electron chi connectivity index (χ1n) is 6.44. The minimum absolute atomic E-state index is 0.346. The topological polar surface area (TPSA) is 64.5 Å². The van der Waals surface area contributed by atoms with Crippen molar-refractivity contribution in [1.29, 1.82) is 0 Å². The van der Waals surface area contributed by atoms with Crippen molar-refractivity contribution in [3.05, 3.63) is 30.5 Å². The van der Waals surface area contributed by atoms with Gasteiger partial charge in [0.1, 0.15) is 0 Å². The van der Waals surface area contributed by atoms with E-state index in [0.717, 1.165) is 16.6 Å². The minimum Gasteiger partial charge on any atom is -0.467 e. The Kier molecular flexibility index (Phi) is 3.47. The third-order valence-corrected chi connectivity index (χ3v) is 3.40. The van der Waals surface area contributed by atoms with E-state index in [1.54, 1.807) is 6.20 Å². The van der Waals surface area contributed by atoms with Gasteiger partial charge >= 0.3 is 5.97 Å². The molecule has 0 N–H and O–H groups in total. The Bertz CT molecular complexity index is 627. The number of rotatable bonds is 2. The van der Waals surface area contributed by atoms with Crippen molar-refractivity contribution >= 4 is 22.6 Å². The van der Waals surface area contributed by atoms with E-state index in [2.05, 4.69) is 15.1 Å². The van der Waals surface area contributed by atoms with E-state index in [4.69, 9.17) is 9.47 Å². The molecule has 6 heteroatoms. The normalized spacial score (nSPS) is 19.1. The Hall–Kier alpha value is -2.21. The van der Waals surface area contributed by atoms with Gasteiger partial charge in [-0.15, -0.1) is 0 Å². The number of aromatic nitrogens is 2. The zero-order valence-electron chi connectivity index (χ0n) is 11.2. The molecule has 6 nitrogen and oxygen atoms in total. The largest absolute Gasteiger partial charge is 0.467 e. The Morgan fingerprint density at radius 2 is 2.30 bits per heavy atom. The molecule has 104 valence electrons. The molecule has 1 aromatic heterocycles. The molecule has 0 saturated carbocycles. The van der Waals surface area contributed by atoms with Gasteiger partial charge in [0, 0.05) is 11.9 Å². The summed E-state index contributed by atoms with van der Waals surface area (Å²) in [6.45, 7) is 1.65. The van der Waals surface area contributed by atoms with Crippen LogP contribution in [-0.2, 0) is 14.3 Å². The zero-order valence-corrected chi connectivity index (χ0v) is 11.2. The summed E-state index contributed by atoms with van der Waals surface area (Å²) in [7, 11) is 1.37. The molecule has 20 heavy (non-hydrogen) atoms. The minimum atomic E-state index is -0.555. The summed E-state index contributed by atoms with van der Waals surface area (Å²) in [6.07, 6.45) is 1.17. The van der Waals surface area contributed by atoms with Crippen LogP contribution < -0.4 is 4.90 Å². The Labute approximate surface area is 116 Å². The number of methoxy groups -OCH3 is 1. The number of anilines is 1. The molecule has 0 radical (unpaired) electrons. The van der Waals surface area contributed by atoms with Gasteiger partial charge in [0.05, 0.1) is 37.7 Å². The van der Waals surface area contributed by atoms with Gasteiger partial charge in [0.2, 0.25) is 0 Å². The van der Waals surface area contributed by atoms with E-state index >= 15 is 0 Å². The van der Waals surface area contributed by atoms with Crippen LogP contribution >= 0.6 is 0 Å². The number of hydrogen-bond donors (Lipinski definition) is 0. The molecule has 1 saturated heterocycles. The second-order valence-corrected chi connectivity index (χ2v) is 4.58. The van der Waals surface area contributed by atoms with Crippen molar-refractivity contribution in [2.75, 3.05) is 31.7 Å². The standard InChI is InChI=1S/C14H15N3O3/c1-19-14(18)13-9-17(6-7-20-13)12-8-15-16-11-5-3-2-4-10(11)12/h2-5,8,13H,6-7,9H2,1H3. The molecule has 2 heterocycles. The first-order chi connectivity index (χ1) is 9.79. The van der Waals surface area contributed by atoms with E-state index in [-0.39, 0.29) is 5.97 Å². The summed E-state index contributed by atoms with van der Waals surface area (Å²) in [5.74, 6) is -0.346. The van der Waals surface area contributed by atoms with Crippen molar-refractivity contribution in [3.63, 3.8) is 0 Å². The van der Waals surface area contributed by atoms with Crippen LogP contribution in [0.3, 0.4) is 0 Å². The Balaban J connectivity index is 1.92. The lowest BCUT2D eigenvalue weighted by atomic mass is 10.1. The first-order valence-corrected chi connectivity index (χ1v) is 6.44. The van der Waals surface area contributed by atoms with Gasteiger partial charge in [-0.3, -0.25) is 0 Å². The van der Waals surface area contributed by atoms with Crippen LogP contribution in [-0.4, -0.2) is 49.1 Å². The molecule has 2 aromatic rings. The van der Waals surface area contributed by atoms with Gasteiger partial charge in [0.25, 0.3) is 0 Å². The van der Waals surface area contributed by atoms with Crippen molar-refractivity contribution in [1.82, 2.24) is 10.2 Å². The van der Waals surface area contributed by atoms with Crippen molar-refractivity contribution in [2.45, 2.75) is 6.10 Å². The van der Waals surface area contributed by atoms with Crippen molar-refractivity contribution < 1.29 is 14.3 Å². The van der Waals surface area contributed by atoms with Gasteiger partial charge < -0.3 is 14.4 Å². The molecule has 1 aromatic carbocycles. The van der Waals surface area contributed by atoms with Gasteiger partial charge in [-0.25, -0.2) is 4.79 Å². The molecule has 1 unspecified atom stereocenters. The number of hydrogen-bond acceptors (Lipinski definition) is 6. The second kappa shape index (κ2) is 5.42. The van der Waals surface area contributed by atoms with Crippen LogP contribution in [0.4, 0.5) is 5.69 Å². The summed E-state index contributed by atoms with van der Waals surface area (Å²) < 4.78 is 10.2. The van der Waals surface area contributed by atoms with E-state index in [0.29, 0.717) is 19.7 Å². The average molecular weight is 273 g/mol. The third-order valence-electron chi connectivity index (χ3n) is 3.40. The monoisotopic (exact) mass is 273 g/mol. The molecular weight excluding hydrogens is 258 g/mol. The molecule has 0 amide bonds. The van der Waals surface area contributed by atoms with Crippen LogP contribution in [0.5, 0.6) is 0 Å². The predicted molar refractivity (Wildman–Crippen MR) is 73.5 cm³/mol. The fourth-order valence-electron chi connectivity index (χ4n) is 2.39. The van der Waals surface area contributed by atoms with Crippen LogP contribution in [0.1, 0.15) is 0 Å². The smallest absolute Gasteiger partial charge is 0.336 e. The van der Waals surface area contributed by atoms with Crippen LogP contribution in [0, 0.1) is 0 Å². The fraction of sp³-hybridized carbons (Fsp3) is 0.357. The maximum absolute atomic E-state index is 11.6. The van der Waals surface area contributed by atoms with Crippen LogP contribution in [0.15, 0.2) is 30.5 Å². The van der Waals surface area contributed by atoms with E-state index < -0.39 is 6.10 Å². The van der Waals surface area contributed by atoms with Crippen molar-refractivity contribution in [2.24, 2.45) is 0 Å². The number of nitrogens with zero attached hydrogens (tertiary/aromatic N) is 3. The number of carbonyl (C=O) groups excluding carboxylic acids is 1. The lowest BCUT2D eigenvalue weighted by Crippen LogP contribution is -2.46. The van der Waals surface area contributed by atoms with Gasteiger partial charge in [0.15, 0.2) is 6.10 Å². The van der Waals surface area contributed by atoms with Crippen molar-refractivity contribution in [3.8, 4) is 0 Å². The summed E-state index contributed by atoms with van der Waals surface area (Å²) in [5, 5.41) is 9.16. The summed E-state index contributed by atoms with van der Waals surface area (Å²) >= 11 is 0. The quantitative estimate of drug-likeness (QED) is 0.761. The van der Waals surface area contributed by atoms with Gasteiger partial charge in [-0.05, 0) is 6.07 Å². The van der Waals surface area contributed by atoms with E-state index in [9.17, 15) is 4.79 Å². The highest BCUT2D eigenvalue weighted by Gasteiger charge is 2.28. The highest BCUT2D eigenvalue weighted by Crippen LogP contribution is 2.25. The Morgan fingerprint density at radius 3 is 3.15 bits per heavy atom. The average Bonchev–Trinajstić information content (AvgIpc) is 2.53. The van der Waals surface area contributed by atoms with Gasteiger partial charge in [-0.1, -0.05) is 18.2 Å². The first kappa shape index (κ1) is 12.8. The lowest BCUT2D eigenvalue weighted by Gasteiger charge is -2.33. The van der Waals surface area contributed by atoms with Crippen LogP contribution in [0.25, 0.3) is 10.9 Å². The number of morpholine rings is 1. The number of carbonyl (C=O) groups is 1. The molecule has 1 aliphatic heterocycles. The number of esters is 1. The SMILES string of the molecule is COC(=O)C1CN(c2cnnc3ccccc23)CCO1. The summed E-state index contributed by atoms with van der Waals surface area (Å²) in [5.41, 5.74) is 1.80. The third kappa shape index (κ3) is 2.30. The summed E-state index contributed by atoms with van der Waals surface area (Å²) in [6, 6.07) is 7.81. The lowest BCUT2D eigenvalue weighted by molar-refractivity contribution is -0.154. The summed E-state index contributed by atoms with van der Waals surface area (Å²) in [4.78, 5) is 13.7. The van der Waals surface area contributed by atoms with Crippen LogP contribution in [0.2, 0.25) is 0 Å². The highest BCUT2D eigenvalue weighted by molar-refractivity contribution is 5.91. The second-order valence-electron chi connectivity index (χ2n) is 4.58. The maximum atomic E-state index is 11.6.